The van der Waals surface area contributed by atoms with Crippen LogP contribution in [0.25, 0.3) is 10.2 Å². The zero-order chi connectivity index (χ0) is 14.3. The summed E-state index contributed by atoms with van der Waals surface area (Å²) >= 11 is 13.5. The van der Waals surface area contributed by atoms with E-state index < -0.39 is 0 Å². The van der Waals surface area contributed by atoms with Crippen molar-refractivity contribution < 1.29 is 4.39 Å². The van der Waals surface area contributed by atoms with E-state index in [4.69, 9.17) is 23.2 Å². The second kappa shape index (κ2) is 5.16. The number of nitrogens with zero attached hydrogens (tertiary/aromatic N) is 2. The molecular weight excluding hydrogens is 320 g/mol. The summed E-state index contributed by atoms with van der Waals surface area (Å²) in [4.78, 5) is 10.2. The van der Waals surface area contributed by atoms with E-state index >= 15 is 0 Å². The third-order valence-corrected chi connectivity index (χ3v) is 4.11. The molecule has 20 heavy (non-hydrogen) atoms. The van der Waals surface area contributed by atoms with Gasteiger partial charge >= 0.3 is 0 Å². The van der Waals surface area contributed by atoms with Gasteiger partial charge in [0.1, 0.15) is 16.5 Å². The van der Waals surface area contributed by atoms with Crippen LogP contribution in [0.5, 0.6) is 0 Å². The molecule has 3 nitrogen and oxygen atoms in total. The van der Waals surface area contributed by atoms with Gasteiger partial charge in [-0.1, -0.05) is 11.6 Å². The van der Waals surface area contributed by atoms with Crippen molar-refractivity contribution in [3.8, 4) is 0 Å². The second-order valence-corrected chi connectivity index (χ2v) is 6.15. The Bertz CT molecular complexity index is 804. The highest BCUT2D eigenvalue weighted by atomic mass is 35.5. The lowest BCUT2D eigenvalue weighted by Gasteiger charge is -2.08. The number of nitrogens with one attached hydrogen (secondary N) is 1. The van der Waals surface area contributed by atoms with Gasteiger partial charge in [0.05, 0.1) is 16.1 Å². The first kappa shape index (κ1) is 13.5. The van der Waals surface area contributed by atoms with Crippen molar-refractivity contribution in [1.82, 2.24) is 9.97 Å². The number of fused-ring (bicyclic) bond motifs is 1. The Morgan fingerprint density at radius 1 is 1.20 bits per heavy atom. The number of hydrogen-bond acceptors (Lipinski definition) is 4. The fourth-order valence-corrected chi connectivity index (χ4v) is 3.10. The predicted molar refractivity (Wildman–Crippen MR) is 81.9 cm³/mol. The smallest absolute Gasteiger partial charge is 0.225 e. The van der Waals surface area contributed by atoms with Crippen LogP contribution in [0, 0.1) is 12.7 Å². The Morgan fingerprint density at radius 3 is 2.80 bits per heavy atom. The summed E-state index contributed by atoms with van der Waals surface area (Å²) in [5.74, 6) is 0.131. The molecule has 7 heteroatoms. The summed E-state index contributed by atoms with van der Waals surface area (Å²) in [6.07, 6.45) is 0. The van der Waals surface area contributed by atoms with Crippen LogP contribution in [0.1, 0.15) is 4.88 Å². The Morgan fingerprint density at radius 2 is 2.00 bits per heavy atom. The number of anilines is 2. The van der Waals surface area contributed by atoms with Crippen molar-refractivity contribution in [2.24, 2.45) is 0 Å². The summed E-state index contributed by atoms with van der Waals surface area (Å²) in [6.45, 7) is 1.97. The highest BCUT2D eigenvalue weighted by molar-refractivity contribution is 7.18. The molecule has 0 saturated carbocycles. The largest absolute Gasteiger partial charge is 0.338 e. The van der Waals surface area contributed by atoms with Gasteiger partial charge < -0.3 is 5.32 Å². The molecule has 3 aromatic rings. The number of thiophene rings is 1. The monoisotopic (exact) mass is 327 g/mol. The lowest BCUT2D eigenvalue weighted by molar-refractivity contribution is 0.628. The molecule has 0 amide bonds. The Kier molecular flexibility index (Phi) is 3.50. The van der Waals surface area contributed by atoms with Gasteiger partial charge in [-0.05, 0) is 42.8 Å². The molecule has 0 aliphatic rings. The maximum atomic E-state index is 13.3. The number of aromatic nitrogens is 2. The summed E-state index contributed by atoms with van der Waals surface area (Å²) in [5.41, 5.74) is 0.437. The molecule has 0 unspecified atom stereocenters. The third-order valence-electron chi connectivity index (χ3n) is 2.67. The van der Waals surface area contributed by atoms with Crippen molar-refractivity contribution >= 4 is 56.3 Å². The average molecular weight is 328 g/mol. The normalized spacial score (nSPS) is 11.0. The molecule has 102 valence electrons. The molecular formula is C13H8Cl2FN3S. The van der Waals surface area contributed by atoms with Gasteiger partial charge in [0.25, 0.3) is 0 Å². The third kappa shape index (κ3) is 2.57. The van der Waals surface area contributed by atoms with E-state index in [1.54, 1.807) is 0 Å². The van der Waals surface area contributed by atoms with Gasteiger partial charge in [-0.2, -0.15) is 4.98 Å². The van der Waals surface area contributed by atoms with Crippen LogP contribution in [-0.4, -0.2) is 9.97 Å². The Balaban J connectivity index is 2.12. The maximum absolute atomic E-state index is 13.3. The van der Waals surface area contributed by atoms with Crippen molar-refractivity contribution in [3.05, 3.63) is 45.3 Å². The molecule has 2 aromatic heterocycles. The maximum Gasteiger partial charge on any atom is 0.225 e. The van der Waals surface area contributed by atoms with E-state index in [0.29, 0.717) is 16.5 Å². The summed E-state index contributed by atoms with van der Waals surface area (Å²) in [6, 6.07) is 6.04. The van der Waals surface area contributed by atoms with Crippen LogP contribution in [0.3, 0.4) is 0 Å². The van der Waals surface area contributed by atoms with Crippen molar-refractivity contribution in [1.29, 1.82) is 0 Å². The second-order valence-electron chi connectivity index (χ2n) is 4.17. The molecule has 1 N–H and O–H groups in total. The van der Waals surface area contributed by atoms with Crippen LogP contribution >= 0.6 is 34.5 Å². The number of benzene rings is 1. The highest BCUT2D eigenvalue weighted by Crippen LogP contribution is 2.33. The minimum atomic E-state index is -0.380. The first-order chi connectivity index (χ1) is 9.52. The number of hydrogen-bond donors (Lipinski definition) is 1. The van der Waals surface area contributed by atoms with E-state index in [2.05, 4.69) is 15.3 Å². The van der Waals surface area contributed by atoms with E-state index in [0.717, 1.165) is 15.1 Å². The SMILES string of the molecule is Cc1cc2c(Nc3cc(F)ccc3Cl)nc(Cl)nc2s1. The molecule has 0 radical (unpaired) electrons. The average Bonchev–Trinajstić information content (AvgIpc) is 2.74. The fraction of sp³-hybridized carbons (Fsp3) is 0.0769. The van der Waals surface area contributed by atoms with Gasteiger partial charge in [0.15, 0.2) is 0 Å². The van der Waals surface area contributed by atoms with Crippen molar-refractivity contribution in [3.63, 3.8) is 0 Å². The fourth-order valence-electron chi connectivity index (χ4n) is 1.83. The van der Waals surface area contributed by atoms with Crippen LogP contribution in [0.15, 0.2) is 24.3 Å². The van der Waals surface area contributed by atoms with Crippen LogP contribution in [0.2, 0.25) is 10.3 Å². The van der Waals surface area contributed by atoms with E-state index in [1.807, 2.05) is 13.0 Å². The Labute approximate surface area is 128 Å². The van der Waals surface area contributed by atoms with Gasteiger partial charge in [0, 0.05) is 4.88 Å². The zero-order valence-electron chi connectivity index (χ0n) is 10.2. The highest BCUT2D eigenvalue weighted by Gasteiger charge is 2.11. The topological polar surface area (TPSA) is 37.8 Å². The van der Waals surface area contributed by atoms with Gasteiger partial charge in [-0.25, -0.2) is 9.37 Å². The molecule has 0 fully saturated rings. The molecule has 3 rings (SSSR count). The number of rotatable bonds is 2. The van der Waals surface area contributed by atoms with Crippen LogP contribution in [-0.2, 0) is 0 Å². The van der Waals surface area contributed by atoms with E-state index in [-0.39, 0.29) is 11.1 Å². The van der Waals surface area contributed by atoms with Crippen molar-refractivity contribution in [2.45, 2.75) is 6.92 Å². The lowest BCUT2D eigenvalue weighted by atomic mass is 10.3. The van der Waals surface area contributed by atoms with E-state index in [1.165, 1.54) is 29.5 Å². The molecule has 0 saturated heterocycles. The standard InChI is InChI=1S/C13H8Cl2FN3S/c1-6-4-8-11(18-13(15)19-12(8)20-6)17-10-5-7(16)2-3-9(10)14/h2-5H,1H3,(H,17,18,19). The molecule has 0 atom stereocenters. The van der Waals surface area contributed by atoms with Gasteiger partial charge in [-0.3, -0.25) is 0 Å². The molecule has 2 heterocycles. The molecule has 0 bridgehead atoms. The molecule has 1 aromatic carbocycles. The van der Waals surface area contributed by atoms with Crippen molar-refractivity contribution in [2.75, 3.05) is 5.32 Å². The van der Waals surface area contributed by atoms with Crippen LogP contribution in [0.4, 0.5) is 15.9 Å². The summed E-state index contributed by atoms with van der Waals surface area (Å²) in [5, 5.41) is 4.38. The number of aryl methyl sites for hydroxylation is 1. The summed E-state index contributed by atoms with van der Waals surface area (Å²) in [7, 11) is 0. The molecule has 0 aliphatic heterocycles. The lowest BCUT2D eigenvalue weighted by Crippen LogP contribution is -1.97. The first-order valence-corrected chi connectivity index (χ1v) is 7.26. The van der Waals surface area contributed by atoms with Gasteiger partial charge in [0.2, 0.25) is 5.28 Å². The minimum absolute atomic E-state index is 0.134. The first-order valence-electron chi connectivity index (χ1n) is 5.69. The molecule has 0 aliphatic carbocycles. The quantitative estimate of drug-likeness (QED) is 0.658. The molecule has 0 spiro atoms. The minimum Gasteiger partial charge on any atom is -0.338 e. The zero-order valence-corrected chi connectivity index (χ0v) is 12.6. The summed E-state index contributed by atoms with van der Waals surface area (Å²) < 4.78 is 13.3. The Hall–Kier alpha value is -1.43. The van der Waals surface area contributed by atoms with Crippen LogP contribution < -0.4 is 5.32 Å². The van der Waals surface area contributed by atoms with Gasteiger partial charge in [-0.15, -0.1) is 11.3 Å². The van der Waals surface area contributed by atoms with E-state index in [9.17, 15) is 4.39 Å². The number of halogens is 3. The predicted octanol–water partition coefficient (Wildman–Crippen LogP) is 5.19.